The van der Waals surface area contributed by atoms with E-state index < -0.39 is 0 Å². The maximum atomic E-state index is 12.8. The van der Waals surface area contributed by atoms with E-state index in [0.29, 0.717) is 11.3 Å². The van der Waals surface area contributed by atoms with E-state index in [1.807, 2.05) is 48.2 Å². The molecule has 0 saturated heterocycles. The van der Waals surface area contributed by atoms with Crippen LogP contribution in [-0.2, 0) is 32.1 Å². The molecule has 1 aliphatic heterocycles. The summed E-state index contributed by atoms with van der Waals surface area (Å²) >= 11 is 2.63. The number of ether oxygens (including phenoxy) is 1. The van der Waals surface area contributed by atoms with Gasteiger partial charge in [-0.15, -0.1) is 11.8 Å². The minimum absolute atomic E-state index is 0.000313. The van der Waals surface area contributed by atoms with Crippen molar-refractivity contribution in [1.82, 2.24) is 4.57 Å². The first-order valence-electron chi connectivity index (χ1n) is 11.3. The first-order valence-corrected chi connectivity index (χ1v) is 13.2. The lowest BCUT2D eigenvalue weighted by Crippen LogP contribution is -2.36. The molecule has 4 rings (SSSR count). The van der Waals surface area contributed by atoms with Gasteiger partial charge in [0, 0.05) is 12.2 Å². The maximum Gasteiger partial charge on any atom is 0.326 e. The van der Waals surface area contributed by atoms with E-state index in [4.69, 9.17) is 4.74 Å². The van der Waals surface area contributed by atoms with E-state index in [1.54, 1.807) is 11.5 Å². The van der Waals surface area contributed by atoms with Gasteiger partial charge in [0.1, 0.15) is 6.54 Å². The molecule has 34 heavy (non-hydrogen) atoms. The minimum atomic E-state index is -0.376. The van der Waals surface area contributed by atoms with Crippen LogP contribution in [0.25, 0.3) is 10.2 Å². The van der Waals surface area contributed by atoms with Crippen LogP contribution in [0.4, 0.5) is 5.69 Å². The van der Waals surface area contributed by atoms with Crippen LogP contribution in [0.3, 0.4) is 0 Å². The Morgan fingerprint density at radius 3 is 2.79 bits per heavy atom. The number of amides is 2. The Morgan fingerprint density at radius 1 is 1.15 bits per heavy atom. The molecule has 0 bridgehead atoms. The molecule has 2 amide bonds. The van der Waals surface area contributed by atoms with Crippen LogP contribution in [0.15, 0.2) is 47.5 Å². The van der Waals surface area contributed by atoms with Crippen molar-refractivity contribution in [1.29, 1.82) is 0 Å². The number of carbonyl (C=O) groups is 3. The van der Waals surface area contributed by atoms with Crippen LogP contribution in [-0.4, -0.2) is 47.0 Å². The van der Waals surface area contributed by atoms with Gasteiger partial charge in [0.15, 0.2) is 4.80 Å². The second-order valence-corrected chi connectivity index (χ2v) is 10.0. The molecule has 7 nitrogen and oxygen atoms in total. The van der Waals surface area contributed by atoms with Gasteiger partial charge in [-0.25, -0.2) is 0 Å². The summed E-state index contributed by atoms with van der Waals surface area (Å²) in [7, 11) is 0. The first-order chi connectivity index (χ1) is 16.5. The van der Waals surface area contributed by atoms with Crippen molar-refractivity contribution >= 4 is 56.8 Å². The highest BCUT2D eigenvalue weighted by Crippen LogP contribution is 2.27. The third-order valence-electron chi connectivity index (χ3n) is 5.51. The topological polar surface area (TPSA) is 81.0 Å². The summed E-state index contributed by atoms with van der Waals surface area (Å²) in [5.74, 6) is -0.409. The Balaban J connectivity index is 1.45. The maximum absolute atomic E-state index is 12.8. The zero-order valence-electron chi connectivity index (χ0n) is 19.3. The zero-order valence-corrected chi connectivity index (χ0v) is 20.9. The molecule has 0 aliphatic carbocycles. The van der Waals surface area contributed by atoms with Crippen LogP contribution in [0, 0.1) is 6.92 Å². The highest BCUT2D eigenvalue weighted by Gasteiger charge is 2.22. The van der Waals surface area contributed by atoms with Crippen LogP contribution in [0.5, 0.6) is 0 Å². The SMILES string of the molecule is CCOC(=O)Cn1c(=NC(=O)CSCC(=O)N2CCCc3ccccc32)sc2cc(C)ccc21. The number of benzene rings is 2. The molecular formula is C25H27N3O4S2. The molecule has 1 aromatic heterocycles. The Kier molecular flexibility index (Phi) is 7.84. The van der Waals surface area contributed by atoms with Gasteiger partial charge in [-0.05, 0) is 56.0 Å². The number of anilines is 1. The van der Waals surface area contributed by atoms with E-state index in [1.165, 1.54) is 28.7 Å². The molecule has 178 valence electrons. The Morgan fingerprint density at radius 2 is 1.97 bits per heavy atom. The molecule has 2 heterocycles. The number of thiazole rings is 1. The van der Waals surface area contributed by atoms with E-state index in [9.17, 15) is 14.4 Å². The molecule has 0 atom stereocenters. The van der Waals surface area contributed by atoms with Crippen LogP contribution in [0.1, 0.15) is 24.5 Å². The zero-order chi connectivity index (χ0) is 24.1. The normalized spacial score (nSPS) is 13.7. The number of esters is 1. The van der Waals surface area contributed by atoms with Crippen LogP contribution < -0.4 is 9.70 Å². The van der Waals surface area contributed by atoms with Crippen molar-refractivity contribution in [3.8, 4) is 0 Å². The van der Waals surface area contributed by atoms with Crippen molar-refractivity contribution in [3.63, 3.8) is 0 Å². The number of carbonyl (C=O) groups excluding carboxylic acids is 3. The minimum Gasteiger partial charge on any atom is -0.465 e. The fraction of sp³-hybridized carbons (Fsp3) is 0.360. The Labute approximate surface area is 206 Å². The number of aromatic nitrogens is 1. The van der Waals surface area contributed by atoms with Gasteiger partial charge in [-0.1, -0.05) is 35.6 Å². The summed E-state index contributed by atoms with van der Waals surface area (Å²) in [6.07, 6.45) is 1.92. The highest BCUT2D eigenvalue weighted by molar-refractivity contribution is 8.00. The molecule has 9 heteroatoms. The van der Waals surface area contributed by atoms with Crippen molar-refractivity contribution < 1.29 is 19.1 Å². The largest absolute Gasteiger partial charge is 0.465 e. The number of thioether (sulfide) groups is 1. The lowest BCUT2D eigenvalue weighted by molar-refractivity contribution is -0.143. The molecule has 0 radical (unpaired) electrons. The predicted molar refractivity (Wildman–Crippen MR) is 136 cm³/mol. The smallest absolute Gasteiger partial charge is 0.326 e. The number of aryl methyl sites for hydroxylation is 2. The average Bonchev–Trinajstić information content (AvgIpc) is 3.14. The standard InChI is InChI=1S/C25H27N3O4S2/c1-3-32-24(31)14-28-20-11-10-17(2)13-21(20)34-25(28)26-22(29)15-33-16-23(30)27-12-6-8-18-7-4-5-9-19(18)27/h4-5,7,9-11,13H,3,6,8,12,14-16H2,1-2H3. The highest BCUT2D eigenvalue weighted by atomic mass is 32.2. The number of para-hydroxylation sites is 1. The molecule has 3 aromatic rings. The summed E-state index contributed by atoms with van der Waals surface area (Å²) in [5, 5.41) is 0. The number of nitrogens with zero attached hydrogens (tertiary/aromatic N) is 3. The summed E-state index contributed by atoms with van der Waals surface area (Å²) in [5.41, 5.74) is 4.07. The van der Waals surface area contributed by atoms with E-state index in [0.717, 1.165) is 34.3 Å². The summed E-state index contributed by atoms with van der Waals surface area (Å²) in [4.78, 5) is 44.1. The fourth-order valence-electron chi connectivity index (χ4n) is 3.99. The first kappa shape index (κ1) is 24.2. The van der Waals surface area contributed by atoms with Gasteiger partial charge in [-0.3, -0.25) is 14.4 Å². The lowest BCUT2D eigenvalue weighted by atomic mass is 10.0. The third-order valence-corrected chi connectivity index (χ3v) is 7.46. The van der Waals surface area contributed by atoms with Crippen LogP contribution >= 0.6 is 23.1 Å². The quantitative estimate of drug-likeness (QED) is 0.465. The van der Waals surface area contributed by atoms with Crippen LogP contribution in [0.2, 0.25) is 0 Å². The summed E-state index contributed by atoms with van der Waals surface area (Å²) < 4.78 is 7.76. The lowest BCUT2D eigenvalue weighted by Gasteiger charge is -2.29. The fourth-order valence-corrected chi connectivity index (χ4v) is 5.81. The molecular weight excluding hydrogens is 470 g/mol. The van der Waals surface area contributed by atoms with Crippen molar-refractivity contribution in [3.05, 3.63) is 58.4 Å². The van der Waals surface area contributed by atoms with E-state index >= 15 is 0 Å². The Hall–Kier alpha value is -2.91. The van der Waals surface area contributed by atoms with Gasteiger partial charge >= 0.3 is 5.97 Å². The molecule has 0 spiro atoms. The van der Waals surface area contributed by atoms with Crippen molar-refractivity contribution in [2.45, 2.75) is 33.2 Å². The molecule has 0 saturated carbocycles. The van der Waals surface area contributed by atoms with Gasteiger partial charge in [0.05, 0.1) is 28.3 Å². The predicted octanol–water partition coefficient (Wildman–Crippen LogP) is 3.71. The third kappa shape index (κ3) is 5.59. The monoisotopic (exact) mass is 497 g/mol. The van der Waals surface area contributed by atoms with Gasteiger partial charge in [-0.2, -0.15) is 4.99 Å². The van der Waals surface area contributed by atoms with Gasteiger partial charge < -0.3 is 14.2 Å². The number of hydrogen-bond acceptors (Lipinski definition) is 6. The second-order valence-electron chi connectivity index (χ2n) is 8.02. The summed E-state index contributed by atoms with van der Waals surface area (Å²) in [6.45, 7) is 4.73. The van der Waals surface area contributed by atoms with E-state index in [-0.39, 0.29) is 42.4 Å². The average molecular weight is 498 g/mol. The molecule has 2 aromatic carbocycles. The molecule has 0 unspecified atom stereocenters. The van der Waals surface area contributed by atoms with E-state index in [2.05, 4.69) is 11.1 Å². The van der Waals surface area contributed by atoms with Crippen molar-refractivity contribution in [2.24, 2.45) is 4.99 Å². The van der Waals surface area contributed by atoms with Gasteiger partial charge in [0.2, 0.25) is 5.91 Å². The van der Waals surface area contributed by atoms with Crippen molar-refractivity contribution in [2.75, 3.05) is 29.6 Å². The number of fused-ring (bicyclic) bond motifs is 2. The molecule has 0 fully saturated rings. The second kappa shape index (κ2) is 11.0. The molecule has 0 N–H and O–H groups in total. The summed E-state index contributed by atoms with van der Waals surface area (Å²) in [6, 6.07) is 13.9. The molecule has 1 aliphatic rings. The van der Waals surface area contributed by atoms with Gasteiger partial charge in [0.25, 0.3) is 5.91 Å². The Bertz CT molecular complexity index is 1290. The number of rotatable bonds is 7. The number of hydrogen-bond donors (Lipinski definition) is 0.